The number of anilines is 1. The van der Waals surface area contributed by atoms with Gasteiger partial charge in [0.05, 0.1) is 17.8 Å². The van der Waals surface area contributed by atoms with Crippen molar-refractivity contribution in [2.24, 2.45) is 5.92 Å². The number of nitrogen functional groups attached to an aromatic ring is 1. The van der Waals surface area contributed by atoms with Crippen LogP contribution in [0.15, 0.2) is 33.9 Å². The van der Waals surface area contributed by atoms with Crippen molar-refractivity contribution in [1.29, 1.82) is 0 Å². The molecule has 2 aromatic heterocycles. The minimum absolute atomic E-state index is 0.113. The van der Waals surface area contributed by atoms with E-state index >= 15 is 0 Å². The molecular weight excluding hydrogens is 436 g/mol. The number of aromatic nitrogens is 3. The minimum atomic E-state index is -1.05. The lowest BCUT2D eigenvalue weighted by atomic mass is 9.81. The van der Waals surface area contributed by atoms with Crippen LogP contribution in [0.25, 0.3) is 10.3 Å². The maximum absolute atomic E-state index is 12.9. The van der Waals surface area contributed by atoms with Gasteiger partial charge in [-0.25, -0.2) is 4.79 Å². The molecule has 1 aliphatic heterocycles. The van der Waals surface area contributed by atoms with Crippen molar-refractivity contribution >= 4 is 33.6 Å². The summed E-state index contributed by atoms with van der Waals surface area (Å²) >= 11 is 0.743. The quantitative estimate of drug-likeness (QED) is 0.434. The highest BCUT2D eigenvalue weighted by Crippen LogP contribution is 2.45. The third kappa shape index (κ3) is 3.72. The number of H-pyrrole nitrogens is 1. The number of benzene rings is 1. The number of carbonyl (C=O) groups is 1. The van der Waals surface area contributed by atoms with Crippen LogP contribution in [0.1, 0.15) is 54.8 Å². The molecule has 3 aromatic rings. The van der Waals surface area contributed by atoms with E-state index < -0.39 is 34.8 Å². The Morgan fingerprint density at radius 3 is 2.81 bits per heavy atom. The topological polar surface area (TPSA) is 161 Å². The van der Waals surface area contributed by atoms with Gasteiger partial charge >= 0.3 is 10.8 Å². The standard InChI is InChI=1S/C21H24N4O6S/c1-3-13(26)14-8-12(9(2)10-6-4-5-7-11(10)19(28)29)18(31-14)25-16-15(32-21(25)30)17(27)24-20(22)23-16/h4-7,9,12-14,18,26H,3,8H2,1-2H3,(H,28,29)(H3,22,23,24,27)/t9-,12-,13-,14-,18+/m0/s1. The molecule has 0 bridgehead atoms. The Morgan fingerprint density at radius 2 is 2.12 bits per heavy atom. The average Bonchev–Trinajstić information content (AvgIpc) is 3.33. The summed E-state index contributed by atoms with van der Waals surface area (Å²) < 4.78 is 7.60. The molecule has 11 heteroatoms. The second-order valence-corrected chi connectivity index (χ2v) is 8.92. The smallest absolute Gasteiger partial charge is 0.335 e. The first-order valence-electron chi connectivity index (χ1n) is 10.3. The zero-order chi connectivity index (χ0) is 23.2. The number of hydrogen-bond donors (Lipinski definition) is 4. The Hall–Kier alpha value is -3.02. The van der Waals surface area contributed by atoms with Crippen LogP contribution in [0.4, 0.5) is 5.95 Å². The van der Waals surface area contributed by atoms with Gasteiger partial charge in [-0.2, -0.15) is 4.98 Å². The number of aliphatic hydroxyl groups is 1. The Bertz CT molecular complexity index is 1280. The number of aromatic carboxylic acids is 1. The van der Waals surface area contributed by atoms with Crippen molar-refractivity contribution in [3.8, 4) is 0 Å². The molecule has 0 spiro atoms. The number of hydrogen-bond acceptors (Lipinski definition) is 8. The molecule has 32 heavy (non-hydrogen) atoms. The number of carboxylic acids is 1. The summed E-state index contributed by atoms with van der Waals surface area (Å²) in [4.78, 5) is 43.1. The van der Waals surface area contributed by atoms with Gasteiger partial charge in [0.25, 0.3) is 5.56 Å². The maximum Gasteiger partial charge on any atom is 0.335 e. The van der Waals surface area contributed by atoms with E-state index in [1.54, 1.807) is 18.2 Å². The molecule has 170 valence electrons. The third-order valence-electron chi connectivity index (χ3n) is 6.10. The Morgan fingerprint density at radius 1 is 1.41 bits per heavy atom. The summed E-state index contributed by atoms with van der Waals surface area (Å²) in [7, 11) is 0. The average molecular weight is 461 g/mol. The number of nitrogens with one attached hydrogen (secondary N) is 1. The van der Waals surface area contributed by atoms with E-state index in [-0.39, 0.29) is 33.7 Å². The zero-order valence-corrected chi connectivity index (χ0v) is 18.3. The van der Waals surface area contributed by atoms with Gasteiger partial charge in [-0.05, 0) is 30.4 Å². The summed E-state index contributed by atoms with van der Waals surface area (Å²) in [6.45, 7) is 3.70. The van der Waals surface area contributed by atoms with Crippen LogP contribution in [0.5, 0.6) is 0 Å². The van der Waals surface area contributed by atoms with E-state index in [9.17, 15) is 24.6 Å². The Balaban J connectivity index is 1.86. The molecule has 3 heterocycles. The second-order valence-electron chi connectivity index (χ2n) is 7.96. The van der Waals surface area contributed by atoms with Gasteiger partial charge in [-0.3, -0.25) is 19.1 Å². The SMILES string of the molecule is CC[C@H](O)[C@@H]1C[C@@H]([C@@H](C)c2ccccc2C(=O)O)[C@H](n2c(=O)sc3c(=O)[nH]c(N)nc32)O1. The Labute approximate surface area is 186 Å². The highest BCUT2D eigenvalue weighted by molar-refractivity contribution is 7.16. The van der Waals surface area contributed by atoms with Crippen molar-refractivity contribution in [2.45, 2.75) is 51.0 Å². The summed E-state index contributed by atoms with van der Waals surface area (Å²) in [5, 5.41) is 20.1. The molecule has 5 atom stereocenters. The number of nitrogens with zero attached hydrogens (tertiary/aromatic N) is 2. The minimum Gasteiger partial charge on any atom is -0.478 e. The van der Waals surface area contributed by atoms with Crippen molar-refractivity contribution < 1.29 is 19.7 Å². The van der Waals surface area contributed by atoms with Crippen molar-refractivity contribution in [3.05, 3.63) is 55.4 Å². The molecule has 1 saturated heterocycles. The summed E-state index contributed by atoms with van der Waals surface area (Å²) in [5.41, 5.74) is 6.08. The maximum atomic E-state index is 12.9. The van der Waals surface area contributed by atoms with Crippen LogP contribution >= 0.6 is 11.3 Å². The summed E-state index contributed by atoms with van der Waals surface area (Å²) in [5.74, 6) is -1.87. The fourth-order valence-electron chi connectivity index (χ4n) is 4.42. The van der Waals surface area contributed by atoms with Crippen LogP contribution in [-0.4, -0.2) is 42.9 Å². The van der Waals surface area contributed by atoms with Crippen LogP contribution < -0.4 is 16.2 Å². The summed E-state index contributed by atoms with van der Waals surface area (Å²) in [6, 6.07) is 6.69. The number of rotatable bonds is 6. The van der Waals surface area contributed by atoms with Gasteiger partial charge in [0.15, 0.2) is 5.65 Å². The number of fused-ring (bicyclic) bond motifs is 1. The van der Waals surface area contributed by atoms with Crippen molar-refractivity contribution in [1.82, 2.24) is 14.5 Å². The number of nitrogens with two attached hydrogens (primary N) is 1. The molecule has 1 aromatic carbocycles. The molecule has 0 unspecified atom stereocenters. The number of carboxylic acid groups (broad SMARTS) is 1. The van der Waals surface area contributed by atoms with Gasteiger partial charge in [0.2, 0.25) is 5.95 Å². The molecular formula is C21H24N4O6S. The largest absolute Gasteiger partial charge is 0.478 e. The van der Waals surface area contributed by atoms with Gasteiger partial charge < -0.3 is 20.7 Å². The molecule has 1 fully saturated rings. The first-order chi connectivity index (χ1) is 15.2. The third-order valence-corrected chi connectivity index (χ3v) is 7.05. The predicted molar refractivity (Wildman–Crippen MR) is 119 cm³/mol. The van der Waals surface area contributed by atoms with Crippen molar-refractivity contribution in [3.63, 3.8) is 0 Å². The first-order valence-corrected chi connectivity index (χ1v) is 11.1. The van der Waals surface area contributed by atoms with Crippen LogP contribution in [-0.2, 0) is 4.74 Å². The second kappa shape index (κ2) is 8.49. The number of thiazole rings is 1. The van der Waals surface area contributed by atoms with Gasteiger partial charge in [-0.15, -0.1) is 0 Å². The fourth-order valence-corrected chi connectivity index (χ4v) is 5.27. The van der Waals surface area contributed by atoms with E-state index in [2.05, 4.69) is 9.97 Å². The van der Waals surface area contributed by atoms with E-state index in [1.165, 1.54) is 10.6 Å². The Kier molecular flexibility index (Phi) is 5.89. The number of aliphatic hydroxyl groups excluding tert-OH is 1. The van der Waals surface area contributed by atoms with Crippen LogP contribution in [0.2, 0.25) is 0 Å². The summed E-state index contributed by atoms with van der Waals surface area (Å²) in [6.07, 6.45) is -1.32. The van der Waals surface area contributed by atoms with E-state index in [1.807, 2.05) is 13.8 Å². The van der Waals surface area contributed by atoms with Gasteiger partial charge in [0, 0.05) is 5.92 Å². The van der Waals surface area contributed by atoms with Crippen LogP contribution in [0, 0.1) is 5.92 Å². The highest BCUT2D eigenvalue weighted by Gasteiger charge is 2.44. The fraction of sp³-hybridized carbons (Fsp3) is 0.429. The van der Waals surface area contributed by atoms with E-state index in [4.69, 9.17) is 10.5 Å². The molecule has 0 saturated carbocycles. The molecule has 10 nitrogen and oxygen atoms in total. The molecule has 4 rings (SSSR count). The van der Waals surface area contributed by atoms with Crippen molar-refractivity contribution in [2.75, 3.05) is 5.73 Å². The lowest BCUT2D eigenvalue weighted by molar-refractivity contribution is -0.0666. The van der Waals surface area contributed by atoms with Gasteiger partial charge in [0.1, 0.15) is 10.9 Å². The molecule has 0 amide bonds. The normalized spacial score (nSPS) is 22.8. The molecule has 0 radical (unpaired) electrons. The highest BCUT2D eigenvalue weighted by atomic mass is 32.1. The number of ether oxygens (including phenoxy) is 1. The molecule has 1 aliphatic rings. The first kappa shape index (κ1) is 22.2. The molecule has 5 N–H and O–H groups in total. The van der Waals surface area contributed by atoms with Gasteiger partial charge in [-0.1, -0.05) is 43.4 Å². The molecule has 0 aliphatic carbocycles. The lowest BCUT2D eigenvalue weighted by Crippen LogP contribution is -2.28. The van der Waals surface area contributed by atoms with E-state index in [0.717, 1.165) is 11.3 Å². The van der Waals surface area contributed by atoms with Crippen LogP contribution in [0.3, 0.4) is 0 Å². The van der Waals surface area contributed by atoms with E-state index in [0.29, 0.717) is 18.4 Å². The zero-order valence-electron chi connectivity index (χ0n) is 17.5. The predicted octanol–water partition coefficient (Wildman–Crippen LogP) is 1.91. The lowest BCUT2D eigenvalue weighted by Gasteiger charge is -2.26. The number of aromatic amines is 1. The monoisotopic (exact) mass is 460 g/mol.